The van der Waals surface area contributed by atoms with Gasteiger partial charge < -0.3 is 5.32 Å². The highest BCUT2D eigenvalue weighted by Gasteiger charge is 2.26. The third kappa shape index (κ3) is 3.86. The molecule has 1 fully saturated rings. The molecule has 5 nitrogen and oxygen atoms in total. The predicted octanol–water partition coefficient (Wildman–Crippen LogP) is 2.39. The summed E-state index contributed by atoms with van der Waals surface area (Å²) in [6, 6.07) is 5.95. The van der Waals surface area contributed by atoms with Crippen molar-refractivity contribution in [3.05, 3.63) is 41.7 Å². The van der Waals surface area contributed by atoms with E-state index in [0.717, 1.165) is 38.2 Å². The van der Waals surface area contributed by atoms with Gasteiger partial charge in [0.2, 0.25) is 5.91 Å². The summed E-state index contributed by atoms with van der Waals surface area (Å²) in [6.07, 6.45) is 5.50. The van der Waals surface area contributed by atoms with E-state index in [4.69, 9.17) is 0 Å². The Labute approximate surface area is 128 Å². The second kappa shape index (κ2) is 6.78. The SMILES string of the molecule is O=C(Nc1nccs1)C1CCCN(Cc2ccccn2)C1. The number of anilines is 1. The zero-order chi connectivity index (χ0) is 14.5. The number of carbonyl (C=O) groups excluding carboxylic acids is 1. The Morgan fingerprint density at radius 2 is 2.33 bits per heavy atom. The van der Waals surface area contributed by atoms with Crippen molar-refractivity contribution in [1.82, 2.24) is 14.9 Å². The van der Waals surface area contributed by atoms with Crippen LogP contribution in [0.1, 0.15) is 18.5 Å². The minimum absolute atomic E-state index is 0.0337. The number of hydrogen-bond donors (Lipinski definition) is 1. The molecule has 6 heteroatoms. The minimum Gasteiger partial charge on any atom is -0.302 e. The van der Waals surface area contributed by atoms with E-state index in [2.05, 4.69) is 20.2 Å². The largest absolute Gasteiger partial charge is 0.302 e. The molecule has 0 radical (unpaired) electrons. The van der Waals surface area contributed by atoms with Crippen molar-refractivity contribution in [3.63, 3.8) is 0 Å². The molecule has 1 N–H and O–H groups in total. The molecule has 21 heavy (non-hydrogen) atoms. The number of hydrogen-bond acceptors (Lipinski definition) is 5. The van der Waals surface area contributed by atoms with Crippen molar-refractivity contribution >= 4 is 22.4 Å². The van der Waals surface area contributed by atoms with Crippen molar-refractivity contribution in [2.75, 3.05) is 18.4 Å². The van der Waals surface area contributed by atoms with Crippen LogP contribution < -0.4 is 5.32 Å². The number of nitrogens with zero attached hydrogens (tertiary/aromatic N) is 3. The lowest BCUT2D eigenvalue weighted by Crippen LogP contribution is -2.40. The Bertz CT molecular complexity index is 573. The maximum atomic E-state index is 12.3. The van der Waals surface area contributed by atoms with E-state index in [1.54, 1.807) is 6.20 Å². The molecule has 3 rings (SSSR count). The van der Waals surface area contributed by atoms with Crippen LogP contribution in [0.2, 0.25) is 0 Å². The van der Waals surface area contributed by atoms with E-state index in [1.165, 1.54) is 11.3 Å². The van der Waals surface area contributed by atoms with Gasteiger partial charge in [-0.3, -0.25) is 14.7 Å². The number of piperidine rings is 1. The van der Waals surface area contributed by atoms with E-state index in [-0.39, 0.29) is 11.8 Å². The summed E-state index contributed by atoms with van der Waals surface area (Å²) in [5, 5.41) is 5.45. The first kappa shape index (κ1) is 14.2. The van der Waals surface area contributed by atoms with E-state index in [9.17, 15) is 4.79 Å². The molecule has 0 spiro atoms. The first-order chi connectivity index (χ1) is 10.3. The van der Waals surface area contributed by atoms with Crippen LogP contribution in [0.4, 0.5) is 5.13 Å². The zero-order valence-electron chi connectivity index (χ0n) is 11.7. The first-order valence-corrected chi connectivity index (χ1v) is 8.02. The molecular weight excluding hydrogens is 284 g/mol. The molecule has 3 heterocycles. The van der Waals surface area contributed by atoms with Crippen molar-refractivity contribution in [2.45, 2.75) is 19.4 Å². The highest BCUT2D eigenvalue weighted by molar-refractivity contribution is 7.13. The van der Waals surface area contributed by atoms with Gasteiger partial charge in [0.05, 0.1) is 11.6 Å². The Morgan fingerprint density at radius 1 is 1.38 bits per heavy atom. The molecule has 2 aromatic rings. The van der Waals surface area contributed by atoms with Gasteiger partial charge in [-0.05, 0) is 31.5 Å². The van der Waals surface area contributed by atoms with Crippen LogP contribution in [0.5, 0.6) is 0 Å². The number of pyridine rings is 1. The van der Waals surface area contributed by atoms with E-state index in [1.807, 2.05) is 29.8 Å². The molecule has 1 aliphatic rings. The smallest absolute Gasteiger partial charge is 0.230 e. The summed E-state index contributed by atoms with van der Waals surface area (Å²) in [6.45, 7) is 2.62. The van der Waals surface area contributed by atoms with Crippen LogP contribution in [0.15, 0.2) is 36.0 Å². The third-order valence-corrected chi connectivity index (χ3v) is 4.34. The monoisotopic (exact) mass is 302 g/mol. The third-order valence-electron chi connectivity index (χ3n) is 3.65. The zero-order valence-corrected chi connectivity index (χ0v) is 12.6. The quantitative estimate of drug-likeness (QED) is 0.942. The lowest BCUT2D eigenvalue weighted by atomic mass is 9.97. The average molecular weight is 302 g/mol. The maximum absolute atomic E-state index is 12.3. The Balaban J connectivity index is 1.56. The van der Waals surface area contributed by atoms with Crippen molar-refractivity contribution in [1.29, 1.82) is 0 Å². The summed E-state index contributed by atoms with van der Waals surface area (Å²) in [5.41, 5.74) is 1.05. The number of thiazole rings is 1. The fourth-order valence-corrected chi connectivity index (χ4v) is 3.16. The molecule has 0 saturated carbocycles. The molecule has 1 atom stereocenters. The molecular formula is C15H18N4OS. The maximum Gasteiger partial charge on any atom is 0.230 e. The molecule has 0 aliphatic carbocycles. The highest BCUT2D eigenvalue weighted by Crippen LogP contribution is 2.20. The number of rotatable bonds is 4. The number of nitrogens with one attached hydrogen (secondary N) is 1. The summed E-state index contributed by atoms with van der Waals surface area (Å²) in [7, 11) is 0. The fraction of sp³-hybridized carbons (Fsp3) is 0.400. The lowest BCUT2D eigenvalue weighted by molar-refractivity contribution is -0.121. The van der Waals surface area contributed by atoms with Crippen molar-refractivity contribution < 1.29 is 4.79 Å². The molecule has 1 amide bonds. The van der Waals surface area contributed by atoms with Crippen LogP contribution in [0.25, 0.3) is 0 Å². The van der Waals surface area contributed by atoms with Gasteiger partial charge in [-0.15, -0.1) is 11.3 Å². The fourth-order valence-electron chi connectivity index (χ4n) is 2.63. The molecule has 110 valence electrons. The Kier molecular flexibility index (Phi) is 4.57. The molecule has 1 unspecified atom stereocenters. The van der Waals surface area contributed by atoms with Crippen LogP contribution >= 0.6 is 11.3 Å². The molecule has 1 saturated heterocycles. The second-order valence-electron chi connectivity index (χ2n) is 5.22. The summed E-state index contributed by atoms with van der Waals surface area (Å²) in [4.78, 5) is 23.0. The van der Waals surface area contributed by atoms with Crippen molar-refractivity contribution in [2.24, 2.45) is 5.92 Å². The van der Waals surface area contributed by atoms with Gasteiger partial charge in [0.25, 0.3) is 0 Å². The highest BCUT2D eigenvalue weighted by atomic mass is 32.1. The number of carbonyl (C=O) groups is 1. The van der Waals surface area contributed by atoms with Gasteiger partial charge in [-0.2, -0.15) is 0 Å². The first-order valence-electron chi connectivity index (χ1n) is 7.14. The standard InChI is InChI=1S/C15H18N4OS/c20-14(18-15-17-7-9-21-15)12-4-3-8-19(10-12)11-13-5-1-2-6-16-13/h1-2,5-7,9,12H,3-4,8,10-11H2,(H,17,18,20). The van der Waals surface area contributed by atoms with Gasteiger partial charge in [0.15, 0.2) is 5.13 Å². The molecule has 1 aliphatic heterocycles. The van der Waals surface area contributed by atoms with Gasteiger partial charge in [0.1, 0.15) is 0 Å². The lowest BCUT2D eigenvalue weighted by Gasteiger charge is -2.31. The Hall–Kier alpha value is -1.79. The summed E-state index contributed by atoms with van der Waals surface area (Å²) >= 11 is 1.45. The summed E-state index contributed by atoms with van der Waals surface area (Å²) in [5.74, 6) is 0.113. The molecule has 2 aromatic heterocycles. The van der Waals surface area contributed by atoms with Crippen LogP contribution in [0, 0.1) is 5.92 Å². The topological polar surface area (TPSA) is 58.1 Å². The number of likely N-dealkylation sites (tertiary alicyclic amines) is 1. The minimum atomic E-state index is 0.0337. The second-order valence-corrected chi connectivity index (χ2v) is 6.12. The predicted molar refractivity (Wildman–Crippen MR) is 83.0 cm³/mol. The van der Waals surface area contributed by atoms with Crippen LogP contribution in [-0.4, -0.2) is 33.9 Å². The summed E-state index contributed by atoms with van der Waals surface area (Å²) < 4.78 is 0. The van der Waals surface area contributed by atoms with Gasteiger partial charge >= 0.3 is 0 Å². The molecule has 0 aromatic carbocycles. The number of aromatic nitrogens is 2. The van der Waals surface area contributed by atoms with E-state index < -0.39 is 0 Å². The Morgan fingerprint density at radius 3 is 3.10 bits per heavy atom. The van der Waals surface area contributed by atoms with Gasteiger partial charge in [-0.25, -0.2) is 4.98 Å². The van der Waals surface area contributed by atoms with Crippen molar-refractivity contribution in [3.8, 4) is 0 Å². The average Bonchev–Trinajstić information content (AvgIpc) is 3.01. The number of amides is 1. The van der Waals surface area contributed by atoms with Gasteiger partial charge in [0, 0.05) is 30.9 Å². The van der Waals surface area contributed by atoms with E-state index in [0.29, 0.717) is 5.13 Å². The molecule has 0 bridgehead atoms. The van der Waals surface area contributed by atoms with Crippen LogP contribution in [-0.2, 0) is 11.3 Å². The van der Waals surface area contributed by atoms with Crippen LogP contribution in [0.3, 0.4) is 0 Å². The van der Waals surface area contributed by atoms with E-state index >= 15 is 0 Å². The van der Waals surface area contributed by atoms with Gasteiger partial charge in [-0.1, -0.05) is 6.07 Å². The normalized spacial score (nSPS) is 19.3.